The summed E-state index contributed by atoms with van der Waals surface area (Å²) in [5.41, 5.74) is 0.399. The molecule has 1 aliphatic heterocycles. The smallest absolute Gasteiger partial charge is 0.255 e. The van der Waals surface area contributed by atoms with E-state index in [-0.39, 0.29) is 22.8 Å². The van der Waals surface area contributed by atoms with Gasteiger partial charge in [0.25, 0.3) is 5.91 Å². The maximum absolute atomic E-state index is 13.3. The van der Waals surface area contributed by atoms with Crippen LogP contribution in [0.2, 0.25) is 5.02 Å². The first-order valence-electron chi connectivity index (χ1n) is 5.96. The first-order valence-corrected chi connectivity index (χ1v) is 7.42. The molecule has 0 radical (unpaired) electrons. The third-order valence-corrected chi connectivity index (χ3v) is 4.44. The SMILES string of the molecule is CC1CCCCN1C(=O)c1cc(I)c(F)cc1Cl. The minimum Gasteiger partial charge on any atom is -0.336 e. The van der Waals surface area contributed by atoms with Crippen LogP contribution >= 0.6 is 34.2 Å². The topological polar surface area (TPSA) is 20.3 Å². The number of hydrogen-bond donors (Lipinski definition) is 0. The van der Waals surface area contributed by atoms with Crippen molar-refractivity contribution in [2.45, 2.75) is 32.2 Å². The van der Waals surface area contributed by atoms with Gasteiger partial charge in [-0.2, -0.15) is 0 Å². The molecule has 1 aromatic carbocycles. The van der Waals surface area contributed by atoms with Gasteiger partial charge in [-0.25, -0.2) is 4.39 Å². The number of nitrogens with zero attached hydrogens (tertiary/aromatic N) is 1. The van der Waals surface area contributed by atoms with E-state index in [2.05, 4.69) is 0 Å². The van der Waals surface area contributed by atoms with Crippen LogP contribution < -0.4 is 0 Å². The third-order valence-electron chi connectivity index (χ3n) is 3.30. The molecule has 1 saturated heterocycles. The highest BCUT2D eigenvalue weighted by molar-refractivity contribution is 14.1. The van der Waals surface area contributed by atoms with E-state index in [0.29, 0.717) is 9.13 Å². The van der Waals surface area contributed by atoms with Crippen molar-refractivity contribution in [1.82, 2.24) is 4.90 Å². The average molecular weight is 382 g/mol. The Bertz CT molecular complexity index is 480. The van der Waals surface area contributed by atoms with Crippen LogP contribution in [0.15, 0.2) is 12.1 Å². The van der Waals surface area contributed by atoms with Crippen LogP contribution in [-0.2, 0) is 0 Å². The molecule has 1 unspecified atom stereocenters. The molecule has 5 heteroatoms. The van der Waals surface area contributed by atoms with E-state index in [0.717, 1.165) is 25.8 Å². The van der Waals surface area contributed by atoms with Gasteiger partial charge in [0.1, 0.15) is 5.82 Å². The minimum atomic E-state index is -0.385. The summed E-state index contributed by atoms with van der Waals surface area (Å²) in [7, 11) is 0. The molecular formula is C13H14ClFINO. The lowest BCUT2D eigenvalue weighted by atomic mass is 10.0. The first-order chi connectivity index (χ1) is 8.50. The fourth-order valence-corrected chi connectivity index (χ4v) is 2.94. The molecule has 2 rings (SSSR count). The quantitative estimate of drug-likeness (QED) is 0.530. The van der Waals surface area contributed by atoms with Gasteiger partial charge in [0.15, 0.2) is 0 Å². The monoisotopic (exact) mass is 381 g/mol. The molecule has 1 aromatic rings. The van der Waals surface area contributed by atoms with Crippen LogP contribution in [0, 0.1) is 9.39 Å². The van der Waals surface area contributed by atoms with Gasteiger partial charge in [-0.1, -0.05) is 11.6 Å². The van der Waals surface area contributed by atoms with Crippen molar-refractivity contribution in [2.75, 3.05) is 6.54 Å². The Kier molecular flexibility index (Phi) is 4.48. The average Bonchev–Trinajstić information content (AvgIpc) is 2.33. The summed E-state index contributed by atoms with van der Waals surface area (Å²) in [5, 5.41) is 0.190. The predicted octanol–water partition coefficient (Wildman–Crippen LogP) is 4.10. The van der Waals surface area contributed by atoms with Gasteiger partial charge >= 0.3 is 0 Å². The summed E-state index contributed by atoms with van der Waals surface area (Å²) >= 11 is 7.84. The van der Waals surface area contributed by atoms with Crippen molar-refractivity contribution < 1.29 is 9.18 Å². The molecule has 0 bridgehead atoms. The van der Waals surface area contributed by atoms with Crippen molar-refractivity contribution >= 4 is 40.1 Å². The molecule has 1 aliphatic rings. The minimum absolute atomic E-state index is 0.0925. The van der Waals surface area contributed by atoms with Crippen LogP contribution in [0.5, 0.6) is 0 Å². The van der Waals surface area contributed by atoms with Crippen molar-refractivity contribution in [3.63, 3.8) is 0 Å². The van der Waals surface area contributed by atoms with E-state index < -0.39 is 0 Å². The van der Waals surface area contributed by atoms with Crippen molar-refractivity contribution in [1.29, 1.82) is 0 Å². The van der Waals surface area contributed by atoms with Gasteiger partial charge in [0, 0.05) is 16.2 Å². The van der Waals surface area contributed by atoms with Gasteiger partial charge in [-0.05, 0) is 60.9 Å². The number of hydrogen-bond acceptors (Lipinski definition) is 1. The summed E-state index contributed by atoms with van der Waals surface area (Å²) in [6.07, 6.45) is 3.19. The predicted molar refractivity (Wildman–Crippen MR) is 78.5 cm³/mol. The Morgan fingerprint density at radius 1 is 1.50 bits per heavy atom. The molecule has 0 saturated carbocycles. The molecule has 1 fully saturated rings. The fraction of sp³-hybridized carbons (Fsp3) is 0.462. The van der Waals surface area contributed by atoms with Crippen LogP contribution in [0.3, 0.4) is 0 Å². The molecule has 0 aliphatic carbocycles. The van der Waals surface area contributed by atoms with Gasteiger partial charge in [-0.3, -0.25) is 4.79 Å². The Hall–Kier alpha value is -0.360. The summed E-state index contributed by atoms with van der Waals surface area (Å²) in [5.74, 6) is -0.478. The highest BCUT2D eigenvalue weighted by Crippen LogP contribution is 2.26. The number of halogens is 3. The maximum Gasteiger partial charge on any atom is 0.255 e. The molecule has 18 heavy (non-hydrogen) atoms. The Balaban J connectivity index is 2.30. The van der Waals surface area contributed by atoms with E-state index in [1.165, 1.54) is 12.1 Å². The first kappa shape index (κ1) is 14.1. The molecule has 1 amide bonds. The molecule has 0 N–H and O–H groups in total. The summed E-state index contributed by atoms with van der Waals surface area (Å²) in [4.78, 5) is 14.2. The van der Waals surface area contributed by atoms with Gasteiger partial charge in [0.2, 0.25) is 0 Å². The fourth-order valence-electron chi connectivity index (χ4n) is 2.24. The highest BCUT2D eigenvalue weighted by atomic mass is 127. The molecule has 2 nitrogen and oxygen atoms in total. The zero-order chi connectivity index (χ0) is 13.3. The van der Waals surface area contributed by atoms with E-state index in [9.17, 15) is 9.18 Å². The molecular weight excluding hydrogens is 368 g/mol. The standard InChI is InChI=1S/C13H14ClFINO/c1-8-4-2-3-5-17(8)13(18)9-6-12(16)11(15)7-10(9)14/h6-8H,2-5H2,1H3. The van der Waals surface area contributed by atoms with E-state index in [1.54, 1.807) is 0 Å². The molecule has 0 aromatic heterocycles. The summed E-state index contributed by atoms with van der Waals surface area (Å²) in [6, 6.07) is 2.97. The van der Waals surface area contributed by atoms with Crippen molar-refractivity contribution in [2.24, 2.45) is 0 Å². The maximum atomic E-state index is 13.3. The number of likely N-dealkylation sites (tertiary alicyclic amines) is 1. The Morgan fingerprint density at radius 3 is 2.89 bits per heavy atom. The largest absolute Gasteiger partial charge is 0.336 e. The Morgan fingerprint density at radius 2 is 2.22 bits per heavy atom. The second-order valence-electron chi connectivity index (χ2n) is 4.59. The van der Waals surface area contributed by atoms with Gasteiger partial charge in [0.05, 0.1) is 10.6 Å². The molecule has 1 atom stereocenters. The zero-order valence-electron chi connectivity index (χ0n) is 10.0. The summed E-state index contributed by atoms with van der Waals surface area (Å²) in [6.45, 7) is 2.80. The zero-order valence-corrected chi connectivity index (χ0v) is 13.0. The number of benzene rings is 1. The molecule has 1 heterocycles. The van der Waals surface area contributed by atoms with E-state index >= 15 is 0 Å². The highest BCUT2D eigenvalue weighted by Gasteiger charge is 2.26. The lowest BCUT2D eigenvalue weighted by Crippen LogP contribution is -2.42. The van der Waals surface area contributed by atoms with E-state index in [1.807, 2.05) is 34.4 Å². The van der Waals surface area contributed by atoms with Crippen LogP contribution in [-0.4, -0.2) is 23.4 Å². The second kappa shape index (κ2) is 5.74. The number of piperidine rings is 1. The van der Waals surface area contributed by atoms with Crippen molar-refractivity contribution in [3.05, 3.63) is 32.1 Å². The second-order valence-corrected chi connectivity index (χ2v) is 6.16. The van der Waals surface area contributed by atoms with Crippen molar-refractivity contribution in [3.8, 4) is 0 Å². The van der Waals surface area contributed by atoms with Crippen LogP contribution in [0.25, 0.3) is 0 Å². The third kappa shape index (κ3) is 2.79. The lowest BCUT2D eigenvalue weighted by Gasteiger charge is -2.33. The van der Waals surface area contributed by atoms with E-state index in [4.69, 9.17) is 11.6 Å². The van der Waals surface area contributed by atoms with Crippen LogP contribution in [0.4, 0.5) is 4.39 Å². The summed E-state index contributed by atoms with van der Waals surface area (Å²) < 4.78 is 13.7. The number of carbonyl (C=O) groups is 1. The Labute approximate surface area is 125 Å². The van der Waals surface area contributed by atoms with Gasteiger partial charge in [-0.15, -0.1) is 0 Å². The molecule has 98 valence electrons. The number of carbonyl (C=O) groups excluding carboxylic acids is 1. The lowest BCUT2D eigenvalue weighted by molar-refractivity contribution is 0.0635. The van der Waals surface area contributed by atoms with Crippen LogP contribution in [0.1, 0.15) is 36.5 Å². The number of amides is 1. The number of rotatable bonds is 1. The molecule has 0 spiro atoms. The normalized spacial score (nSPS) is 20.0. The van der Waals surface area contributed by atoms with Gasteiger partial charge < -0.3 is 4.90 Å².